The van der Waals surface area contributed by atoms with Crippen molar-refractivity contribution >= 4 is 12.2 Å². The number of likely N-dealkylation sites (N-methyl/N-ethyl adjacent to an activating group) is 1. The first-order valence-corrected chi connectivity index (χ1v) is 9.04. The zero-order valence-corrected chi connectivity index (χ0v) is 15.2. The summed E-state index contributed by atoms with van der Waals surface area (Å²) >= 11 is 0. The highest BCUT2D eigenvalue weighted by Crippen LogP contribution is 2.28. The number of fused-ring (bicyclic) bond motifs is 1. The molecule has 0 bridgehead atoms. The van der Waals surface area contributed by atoms with Gasteiger partial charge in [-0.15, -0.1) is 0 Å². The monoisotopic (exact) mass is 364 g/mol. The first-order chi connectivity index (χ1) is 13.0. The van der Waals surface area contributed by atoms with Crippen LogP contribution in [0.15, 0.2) is 36.4 Å². The molecule has 0 aliphatic heterocycles. The lowest BCUT2D eigenvalue weighted by Crippen LogP contribution is -2.32. The third-order valence-corrected chi connectivity index (χ3v) is 5.14. The van der Waals surface area contributed by atoms with Crippen molar-refractivity contribution in [2.75, 3.05) is 13.6 Å². The lowest BCUT2D eigenvalue weighted by molar-refractivity contribution is -0.108. The lowest BCUT2D eigenvalue weighted by Gasteiger charge is -2.24. The van der Waals surface area contributed by atoms with E-state index in [1.807, 2.05) is 6.07 Å². The highest BCUT2D eigenvalue weighted by atomic mass is 19.1. The summed E-state index contributed by atoms with van der Waals surface area (Å²) in [6.07, 6.45) is 3.78. The second-order valence-electron chi connectivity index (χ2n) is 6.96. The number of benzene rings is 2. The molecule has 1 aliphatic carbocycles. The second-order valence-corrected chi connectivity index (χ2v) is 6.96. The molecular weight excluding hydrogens is 343 g/mol. The topological polar surface area (TPSA) is 61.2 Å². The Morgan fingerprint density at radius 1 is 1.30 bits per heavy atom. The minimum atomic E-state index is -0.336. The Bertz CT molecular complexity index is 900. The Hall–Kier alpha value is -3.00. The molecule has 4 nitrogen and oxygen atoms in total. The largest absolute Gasteiger partial charge is 0.341 e. The average Bonchev–Trinajstić information content (AvgIpc) is 3.15. The minimum absolute atomic E-state index is 0.150. The Morgan fingerprint density at radius 2 is 2.04 bits per heavy atom. The van der Waals surface area contributed by atoms with Gasteiger partial charge in [-0.3, -0.25) is 4.79 Å². The van der Waals surface area contributed by atoms with Crippen LogP contribution in [-0.2, 0) is 17.6 Å². The maximum absolute atomic E-state index is 13.2. The van der Waals surface area contributed by atoms with Gasteiger partial charge in [-0.1, -0.05) is 12.1 Å². The van der Waals surface area contributed by atoms with Crippen LogP contribution in [0.4, 0.5) is 4.39 Å². The number of halogens is 1. The average molecular weight is 364 g/mol. The fraction of sp³-hybridized carbons (Fsp3) is 0.318. The molecule has 2 aromatic rings. The highest BCUT2D eigenvalue weighted by molar-refractivity contribution is 5.96. The van der Waals surface area contributed by atoms with Gasteiger partial charge < -0.3 is 9.69 Å². The van der Waals surface area contributed by atoms with Crippen LogP contribution >= 0.6 is 0 Å². The lowest BCUT2D eigenvalue weighted by atomic mass is 9.94. The van der Waals surface area contributed by atoms with E-state index in [1.165, 1.54) is 12.1 Å². The summed E-state index contributed by atoms with van der Waals surface area (Å²) in [5.41, 5.74) is 4.00. The Balaban J connectivity index is 1.84. The first-order valence-electron chi connectivity index (χ1n) is 9.04. The van der Waals surface area contributed by atoms with E-state index in [-0.39, 0.29) is 24.1 Å². The van der Waals surface area contributed by atoms with Crippen LogP contribution in [0.2, 0.25) is 0 Å². The van der Waals surface area contributed by atoms with Gasteiger partial charge >= 0.3 is 0 Å². The van der Waals surface area contributed by atoms with Gasteiger partial charge in [-0.25, -0.2) is 4.39 Å². The van der Waals surface area contributed by atoms with Crippen molar-refractivity contribution in [3.05, 3.63) is 70.0 Å². The standard InChI is InChI=1S/C22H21FN2O2/c1-25(14-18(9-10-26)16-5-7-19(23)8-6-16)22(27)21-12-15(13-24)11-17-3-2-4-20(17)21/h5-8,10-12,18H,2-4,9,14H2,1H3/t18-/m1/s1. The van der Waals surface area contributed by atoms with E-state index < -0.39 is 0 Å². The number of carbonyl (C=O) groups excluding carboxylic acids is 2. The van der Waals surface area contributed by atoms with E-state index in [9.17, 15) is 19.2 Å². The zero-order valence-electron chi connectivity index (χ0n) is 15.2. The summed E-state index contributed by atoms with van der Waals surface area (Å²) in [5.74, 6) is -0.690. The number of carbonyl (C=O) groups is 2. The van der Waals surface area contributed by atoms with Crippen LogP contribution in [0, 0.1) is 17.1 Å². The molecule has 138 valence electrons. The third kappa shape index (κ3) is 4.06. The van der Waals surface area contributed by atoms with Crippen LogP contribution in [-0.4, -0.2) is 30.7 Å². The summed E-state index contributed by atoms with van der Waals surface area (Å²) in [4.78, 5) is 25.8. The van der Waals surface area contributed by atoms with Gasteiger partial charge in [0.1, 0.15) is 12.1 Å². The van der Waals surface area contributed by atoms with Crippen molar-refractivity contribution in [3.63, 3.8) is 0 Å². The minimum Gasteiger partial charge on any atom is -0.341 e. The quantitative estimate of drug-likeness (QED) is 0.736. The van der Waals surface area contributed by atoms with E-state index in [4.69, 9.17) is 0 Å². The number of hydrogen-bond acceptors (Lipinski definition) is 3. The predicted octanol–water partition coefficient (Wildman–Crippen LogP) is 3.63. The van der Waals surface area contributed by atoms with Crippen LogP contribution in [0.1, 0.15) is 51.4 Å². The van der Waals surface area contributed by atoms with E-state index >= 15 is 0 Å². The van der Waals surface area contributed by atoms with Gasteiger partial charge in [0.2, 0.25) is 0 Å². The van der Waals surface area contributed by atoms with Gasteiger partial charge in [-0.2, -0.15) is 5.26 Å². The zero-order chi connectivity index (χ0) is 19.4. The Morgan fingerprint density at radius 3 is 2.70 bits per heavy atom. The molecule has 2 aromatic carbocycles. The van der Waals surface area contributed by atoms with Crippen molar-refractivity contribution in [2.45, 2.75) is 31.6 Å². The molecule has 0 N–H and O–H groups in total. The van der Waals surface area contributed by atoms with Crippen LogP contribution in [0.25, 0.3) is 0 Å². The smallest absolute Gasteiger partial charge is 0.253 e. The molecule has 0 fully saturated rings. The molecular formula is C22H21FN2O2. The molecule has 1 atom stereocenters. The number of hydrogen-bond donors (Lipinski definition) is 0. The molecule has 0 aromatic heterocycles. The maximum Gasteiger partial charge on any atom is 0.253 e. The highest BCUT2D eigenvalue weighted by Gasteiger charge is 2.24. The second kappa shape index (κ2) is 8.13. The normalized spacial score (nSPS) is 13.5. The Kier molecular flexibility index (Phi) is 5.66. The molecule has 0 saturated carbocycles. The number of nitrogens with zero attached hydrogens (tertiary/aromatic N) is 2. The van der Waals surface area contributed by atoms with Crippen molar-refractivity contribution in [2.24, 2.45) is 0 Å². The van der Waals surface area contributed by atoms with Crippen molar-refractivity contribution in [1.29, 1.82) is 5.26 Å². The van der Waals surface area contributed by atoms with Crippen LogP contribution in [0.5, 0.6) is 0 Å². The van der Waals surface area contributed by atoms with Crippen molar-refractivity contribution < 1.29 is 14.0 Å². The third-order valence-electron chi connectivity index (χ3n) is 5.14. The number of amides is 1. The van der Waals surface area contributed by atoms with E-state index in [2.05, 4.69) is 6.07 Å². The van der Waals surface area contributed by atoms with Gasteiger partial charge in [0.25, 0.3) is 5.91 Å². The molecule has 0 heterocycles. The fourth-order valence-corrected chi connectivity index (χ4v) is 3.75. The SMILES string of the molecule is CN(C[C@@H](CC=O)c1ccc(F)cc1)C(=O)c1cc(C#N)cc2c1CCC2. The number of rotatable bonds is 6. The Labute approximate surface area is 158 Å². The molecule has 0 saturated heterocycles. The van der Waals surface area contributed by atoms with Gasteiger partial charge in [0, 0.05) is 31.5 Å². The van der Waals surface area contributed by atoms with Gasteiger partial charge in [-0.05, 0) is 60.2 Å². The number of nitriles is 1. The van der Waals surface area contributed by atoms with E-state index in [0.717, 1.165) is 42.2 Å². The van der Waals surface area contributed by atoms with Gasteiger partial charge in [0.05, 0.1) is 11.6 Å². The molecule has 27 heavy (non-hydrogen) atoms. The molecule has 1 amide bonds. The van der Waals surface area contributed by atoms with Crippen molar-refractivity contribution in [3.8, 4) is 6.07 Å². The molecule has 0 radical (unpaired) electrons. The molecule has 3 rings (SSSR count). The summed E-state index contributed by atoms with van der Waals surface area (Å²) in [6.45, 7) is 0.342. The van der Waals surface area contributed by atoms with Crippen LogP contribution < -0.4 is 0 Å². The molecule has 0 spiro atoms. The van der Waals surface area contributed by atoms with Crippen molar-refractivity contribution in [1.82, 2.24) is 4.90 Å². The summed E-state index contributed by atoms with van der Waals surface area (Å²) in [6, 6.07) is 11.7. The van der Waals surface area contributed by atoms with E-state index in [1.54, 1.807) is 30.1 Å². The maximum atomic E-state index is 13.2. The fourth-order valence-electron chi connectivity index (χ4n) is 3.75. The molecule has 5 heteroatoms. The summed E-state index contributed by atoms with van der Waals surface area (Å²) < 4.78 is 13.2. The summed E-state index contributed by atoms with van der Waals surface area (Å²) in [5, 5.41) is 9.26. The van der Waals surface area contributed by atoms with E-state index in [0.29, 0.717) is 17.7 Å². The molecule has 0 unspecified atom stereocenters. The predicted molar refractivity (Wildman–Crippen MR) is 100.0 cm³/mol. The number of aldehydes is 1. The number of aryl methyl sites for hydroxylation is 1. The summed E-state index contributed by atoms with van der Waals surface area (Å²) in [7, 11) is 1.70. The molecule has 1 aliphatic rings. The van der Waals surface area contributed by atoms with Gasteiger partial charge in [0.15, 0.2) is 0 Å². The van der Waals surface area contributed by atoms with Crippen LogP contribution in [0.3, 0.4) is 0 Å². The first kappa shape index (κ1) is 18.8.